The molecule has 1 unspecified atom stereocenters. The first kappa shape index (κ1) is 22.0. The third-order valence-electron chi connectivity index (χ3n) is 6.15. The van der Waals surface area contributed by atoms with E-state index >= 15 is 0 Å². The molecule has 1 aliphatic carbocycles. The molecule has 2 heterocycles. The Morgan fingerprint density at radius 1 is 1.22 bits per heavy atom. The van der Waals surface area contributed by atoms with Crippen LogP contribution in [0.5, 0.6) is 0 Å². The van der Waals surface area contributed by atoms with E-state index in [-0.39, 0.29) is 0 Å². The molecule has 0 spiro atoms. The summed E-state index contributed by atoms with van der Waals surface area (Å²) in [7, 11) is 0. The minimum absolute atomic E-state index is 0.336. The topological polar surface area (TPSA) is 122 Å². The maximum Gasteiger partial charge on any atom is 0.325 e. The number of hydrogen-bond acceptors (Lipinski definition) is 5. The van der Waals surface area contributed by atoms with Crippen molar-refractivity contribution in [2.75, 3.05) is 11.9 Å². The van der Waals surface area contributed by atoms with Gasteiger partial charge in [0, 0.05) is 4.88 Å². The number of carbonyl (C=O) groups is 4. The number of anilines is 1. The summed E-state index contributed by atoms with van der Waals surface area (Å²) >= 11 is 1.33. The molecule has 1 aromatic heterocycles. The Kier molecular flexibility index (Phi) is 5.54. The van der Waals surface area contributed by atoms with Gasteiger partial charge in [0.15, 0.2) is 0 Å². The molecule has 0 bridgehead atoms. The van der Waals surface area contributed by atoms with Crippen LogP contribution >= 0.6 is 11.3 Å². The second-order valence-electron chi connectivity index (χ2n) is 8.70. The Hall–Kier alpha value is -3.20. The molecular weight excluding hydrogens is 428 g/mol. The Bertz CT molecular complexity index is 1120. The number of rotatable bonds is 6. The standard InChI is InChI=1S/C23H26N4O4S/c1-12(2)13-7-9-14(10-8-13)23(3)21(30)27(22(31)26-23)11-17(28)25-20-18(19(24)29)15-5-4-6-16(15)32-20/h7-10,12H,4-6,11H2,1-3H3,(H2,24,29)(H,25,28)(H,26,31). The van der Waals surface area contributed by atoms with Gasteiger partial charge in [0.2, 0.25) is 5.91 Å². The summed E-state index contributed by atoms with van der Waals surface area (Å²) in [5.41, 5.74) is 7.28. The van der Waals surface area contributed by atoms with Crippen LogP contribution in [0, 0.1) is 0 Å². The number of nitrogens with zero attached hydrogens (tertiary/aromatic N) is 1. The first-order chi connectivity index (χ1) is 15.1. The van der Waals surface area contributed by atoms with Crippen LogP contribution in [0.1, 0.15) is 65.0 Å². The van der Waals surface area contributed by atoms with Crippen molar-refractivity contribution in [1.29, 1.82) is 0 Å². The van der Waals surface area contributed by atoms with Gasteiger partial charge in [0.1, 0.15) is 17.1 Å². The van der Waals surface area contributed by atoms with E-state index in [1.165, 1.54) is 11.3 Å². The molecule has 4 N–H and O–H groups in total. The molecule has 0 saturated carbocycles. The zero-order valence-electron chi connectivity index (χ0n) is 18.3. The molecule has 2 aromatic rings. The van der Waals surface area contributed by atoms with Crippen molar-refractivity contribution in [3.63, 3.8) is 0 Å². The Morgan fingerprint density at radius 2 is 1.91 bits per heavy atom. The van der Waals surface area contributed by atoms with E-state index in [1.54, 1.807) is 6.92 Å². The van der Waals surface area contributed by atoms with Crippen molar-refractivity contribution in [3.05, 3.63) is 51.4 Å². The summed E-state index contributed by atoms with van der Waals surface area (Å²) in [4.78, 5) is 52.3. The van der Waals surface area contributed by atoms with E-state index in [2.05, 4.69) is 24.5 Å². The lowest BCUT2D eigenvalue weighted by atomic mass is 9.90. The quantitative estimate of drug-likeness (QED) is 0.581. The van der Waals surface area contributed by atoms with E-state index < -0.39 is 35.8 Å². The van der Waals surface area contributed by atoms with Gasteiger partial charge in [0.25, 0.3) is 11.8 Å². The zero-order valence-corrected chi connectivity index (χ0v) is 19.1. The predicted octanol–water partition coefficient (Wildman–Crippen LogP) is 2.86. The van der Waals surface area contributed by atoms with Gasteiger partial charge in [-0.1, -0.05) is 38.1 Å². The number of aryl methyl sites for hydroxylation is 1. The van der Waals surface area contributed by atoms with E-state index in [4.69, 9.17) is 5.73 Å². The largest absolute Gasteiger partial charge is 0.365 e. The summed E-state index contributed by atoms with van der Waals surface area (Å²) in [5, 5.41) is 5.77. The van der Waals surface area contributed by atoms with Gasteiger partial charge in [-0.25, -0.2) is 4.79 Å². The molecule has 5 amide bonds. The number of imide groups is 1. The number of fused-ring (bicyclic) bond motifs is 1. The summed E-state index contributed by atoms with van der Waals surface area (Å²) in [6, 6.07) is 6.87. The van der Waals surface area contributed by atoms with Gasteiger partial charge in [-0.2, -0.15) is 0 Å². The number of carbonyl (C=O) groups excluding carboxylic acids is 4. The molecule has 168 valence electrons. The van der Waals surface area contributed by atoms with E-state index in [0.717, 1.165) is 40.2 Å². The van der Waals surface area contributed by atoms with Crippen LogP contribution in [0.3, 0.4) is 0 Å². The smallest absolute Gasteiger partial charge is 0.325 e. The number of nitrogens with one attached hydrogen (secondary N) is 2. The average molecular weight is 455 g/mol. The first-order valence-electron chi connectivity index (χ1n) is 10.6. The molecule has 32 heavy (non-hydrogen) atoms. The molecule has 4 rings (SSSR count). The first-order valence-corrected chi connectivity index (χ1v) is 11.4. The van der Waals surface area contributed by atoms with Crippen molar-refractivity contribution < 1.29 is 19.2 Å². The molecule has 0 radical (unpaired) electrons. The normalized spacial score (nSPS) is 19.9. The van der Waals surface area contributed by atoms with Crippen molar-refractivity contribution in [1.82, 2.24) is 10.2 Å². The zero-order chi connectivity index (χ0) is 23.2. The molecule has 9 heteroatoms. The molecule has 1 aliphatic heterocycles. The predicted molar refractivity (Wildman–Crippen MR) is 122 cm³/mol. The Labute approximate surface area is 190 Å². The highest BCUT2D eigenvalue weighted by molar-refractivity contribution is 7.17. The number of benzene rings is 1. The monoisotopic (exact) mass is 454 g/mol. The molecule has 8 nitrogen and oxygen atoms in total. The summed E-state index contributed by atoms with van der Waals surface area (Å²) < 4.78 is 0. The van der Waals surface area contributed by atoms with E-state index in [9.17, 15) is 19.2 Å². The molecular formula is C23H26N4O4S. The maximum atomic E-state index is 13.1. The summed E-state index contributed by atoms with van der Waals surface area (Å²) in [6.45, 7) is 5.33. The van der Waals surface area contributed by atoms with Gasteiger partial charge in [-0.15, -0.1) is 11.3 Å². The van der Waals surface area contributed by atoms with Gasteiger partial charge in [-0.3, -0.25) is 19.3 Å². The molecule has 1 atom stereocenters. The summed E-state index contributed by atoms with van der Waals surface area (Å²) in [6.07, 6.45) is 2.55. The van der Waals surface area contributed by atoms with Gasteiger partial charge < -0.3 is 16.4 Å². The molecule has 1 saturated heterocycles. The van der Waals surface area contributed by atoms with Crippen LogP contribution < -0.4 is 16.4 Å². The van der Waals surface area contributed by atoms with Gasteiger partial charge >= 0.3 is 6.03 Å². The fourth-order valence-corrected chi connectivity index (χ4v) is 5.61. The van der Waals surface area contributed by atoms with E-state index in [0.29, 0.717) is 22.0 Å². The molecule has 1 fully saturated rings. The lowest BCUT2D eigenvalue weighted by molar-refractivity contribution is -0.133. The summed E-state index contributed by atoms with van der Waals surface area (Å²) in [5.74, 6) is -1.31. The number of urea groups is 1. The number of hydrogen-bond donors (Lipinski definition) is 3. The van der Waals surface area contributed by atoms with Crippen LogP contribution in [-0.2, 0) is 28.0 Å². The third-order valence-corrected chi connectivity index (χ3v) is 7.36. The lowest BCUT2D eigenvalue weighted by Crippen LogP contribution is -2.42. The van der Waals surface area contributed by atoms with Crippen molar-refractivity contribution in [2.24, 2.45) is 5.73 Å². The fourth-order valence-electron chi connectivity index (χ4n) is 4.30. The van der Waals surface area contributed by atoms with Crippen LogP contribution in [0.25, 0.3) is 0 Å². The SMILES string of the molecule is CC(C)c1ccc(C2(C)NC(=O)N(CC(=O)Nc3sc4c(c3C(N)=O)CCC4)C2=O)cc1. The second-order valence-corrected chi connectivity index (χ2v) is 9.80. The van der Waals surface area contributed by atoms with Crippen LogP contribution in [0.2, 0.25) is 0 Å². The Morgan fingerprint density at radius 3 is 2.53 bits per heavy atom. The average Bonchev–Trinajstić information content (AvgIpc) is 3.37. The number of nitrogens with two attached hydrogens (primary N) is 1. The highest BCUT2D eigenvalue weighted by Gasteiger charge is 2.49. The van der Waals surface area contributed by atoms with Gasteiger partial charge in [0.05, 0.1) is 5.56 Å². The Balaban J connectivity index is 1.50. The van der Waals surface area contributed by atoms with E-state index in [1.807, 2.05) is 24.3 Å². The number of amides is 5. The molecule has 2 aliphatic rings. The highest BCUT2D eigenvalue weighted by Crippen LogP contribution is 2.39. The van der Waals surface area contributed by atoms with Crippen molar-refractivity contribution in [3.8, 4) is 0 Å². The fraction of sp³-hybridized carbons (Fsp3) is 0.391. The van der Waals surface area contributed by atoms with Crippen LogP contribution in [0.4, 0.5) is 9.80 Å². The van der Waals surface area contributed by atoms with Crippen molar-refractivity contribution >= 4 is 40.1 Å². The minimum Gasteiger partial charge on any atom is -0.365 e. The van der Waals surface area contributed by atoms with Crippen molar-refractivity contribution in [2.45, 2.75) is 51.5 Å². The number of primary amides is 1. The minimum atomic E-state index is -1.25. The van der Waals surface area contributed by atoms with Crippen LogP contribution in [0.15, 0.2) is 24.3 Å². The second kappa shape index (κ2) is 8.05. The maximum absolute atomic E-state index is 13.1. The lowest BCUT2D eigenvalue weighted by Gasteiger charge is -2.22. The third kappa shape index (κ3) is 3.66. The number of thiophene rings is 1. The highest BCUT2D eigenvalue weighted by atomic mass is 32.1. The molecule has 1 aromatic carbocycles. The van der Waals surface area contributed by atoms with Gasteiger partial charge in [-0.05, 0) is 48.8 Å². The van der Waals surface area contributed by atoms with Crippen LogP contribution in [-0.4, -0.2) is 35.2 Å².